The van der Waals surface area contributed by atoms with Crippen molar-refractivity contribution in [2.24, 2.45) is 5.92 Å². The van der Waals surface area contributed by atoms with Crippen LogP contribution in [0.25, 0.3) is 0 Å². The minimum atomic E-state index is -3.33. The van der Waals surface area contributed by atoms with Gasteiger partial charge in [0.25, 0.3) is 5.91 Å². The second kappa shape index (κ2) is 7.21. The van der Waals surface area contributed by atoms with Gasteiger partial charge in [0.05, 0.1) is 12.4 Å². The number of hydroxylamine groups is 1. The van der Waals surface area contributed by atoms with Crippen molar-refractivity contribution in [2.45, 2.75) is 46.1 Å². The molecule has 0 aromatic rings. The number of carbonyl (C=O) groups excluding carboxylic acids is 1. The van der Waals surface area contributed by atoms with Crippen molar-refractivity contribution in [2.75, 3.05) is 18.9 Å². The summed E-state index contributed by atoms with van der Waals surface area (Å²) in [5.41, 5.74) is 2.36. The molecular weight excluding hydrogens is 268 g/mol. The average Bonchev–Trinajstić information content (AvgIpc) is 2.77. The first-order chi connectivity index (χ1) is 8.88. The third kappa shape index (κ3) is 4.74. The van der Waals surface area contributed by atoms with Gasteiger partial charge in [0, 0.05) is 6.54 Å². The first-order valence-electron chi connectivity index (χ1n) is 6.79. The zero-order valence-corrected chi connectivity index (χ0v) is 12.7. The summed E-state index contributed by atoms with van der Waals surface area (Å²) in [5, 5.41) is 0. The van der Waals surface area contributed by atoms with Crippen LogP contribution < -0.4 is 5.48 Å². The lowest BCUT2D eigenvalue weighted by molar-refractivity contribution is -0.137. The lowest BCUT2D eigenvalue weighted by Gasteiger charge is -2.23. The van der Waals surface area contributed by atoms with Crippen molar-refractivity contribution in [3.05, 3.63) is 0 Å². The van der Waals surface area contributed by atoms with Gasteiger partial charge in [-0.25, -0.2) is 13.9 Å². The van der Waals surface area contributed by atoms with Crippen LogP contribution in [0.15, 0.2) is 0 Å². The predicted molar refractivity (Wildman–Crippen MR) is 72.7 cm³/mol. The fourth-order valence-corrected chi connectivity index (χ4v) is 3.80. The smallest absolute Gasteiger partial charge is 0.261 e. The number of nitrogens with one attached hydrogen (secondary N) is 1. The van der Waals surface area contributed by atoms with E-state index in [1.165, 1.54) is 4.31 Å². The van der Waals surface area contributed by atoms with Crippen LogP contribution in [0.1, 0.15) is 40.0 Å². The van der Waals surface area contributed by atoms with E-state index in [4.69, 9.17) is 4.84 Å². The quantitative estimate of drug-likeness (QED) is 0.707. The molecule has 1 aliphatic heterocycles. The van der Waals surface area contributed by atoms with E-state index >= 15 is 0 Å². The second-order valence-electron chi connectivity index (χ2n) is 5.26. The standard InChI is InChI=1S/C12H24N2O4S/c1-4-8-19(16,17)14-7-5-6-11(14)12(15)13-18-9-10(2)3/h10-11H,4-9H2,1-3H3,(H,13,15). The van der Waals surface area contributed by atoms with Crippen LogP contribution in [-0.4, -0.2) is 43.6 Å². The van der Waals surface area contributed by atoms with Gasteiger partial charge < -0.3 is 0 Å². The number of carbonyl (C=O) groups is 1. The molecule has 1 unspecified atom stereocenters. The maximum atomic E-state index is 12.0. The molecular formula is C12H24N2O4S. The molecule has 1 heterocycles. The Hall–Kier alpha value is -0.660. The molecule has 0 bridgehead atoms. The summed E-state index contributed by atoms with van der Waals surface area (Å²) in [6.45, 7) is 6.60. The van der Waals surface area contributed by atoms with E-state index in [9.17, 15) is 13.2 Å². The van der Waals surface area contributed by atoms with Crippen molar-refractivity contribution < 1.29 is 18.0 Å². The van der Waals surface area contributed by atoms with E-state index in [1.807, 2.05) is 20.8 Å². The molecule has 1 aliphatic rings. The van der Waals surface area contributed by atoms with Gasteiger partial charge in [-0.2, -0.15) is 4.31 Å². The Kier molecular flexibility index (Phi) is 6.22. The number of rotatable bonds is 7. The van der Waals surface area contributed by atoms with Crippen LogP contribution in [-0.2, 0) is 19.7 Å². The van der Waals surface area contributed by atoms with E-state index in [0.29, 0.717) is 38.3 Å². The van der Waals surface area contributed by atoms with Gasteiger partial charge in [-0.1, -0.05) is 20.8 Å². The van der Waals surface area contributed by atoms with Gasteiger partial charge in [0.15, 0.2) is 0 Å². The molecule has 1 saturated heterocycles. The molecule has 0 saturated carbocycles. The normalized spacial score (nSPS) is 20.9. The van der Waals surface area contributed by atoms with Gasteiger partial charge in [-0.15, -0.1) is 0 Å². The summed E-state index contributed by atoms with van der Waals surface area (Å²) in [5.74, 6) is 0.0329. The van der Waals surface area contributed by atoms with Crippen molar-refractivity contribution in [3.63, 3.8) is 0 Å². The van der Waals surface area contributed by atoms with Crippen LogP contribution in [0.5, 0.6) is 0 Å². The third-order valence-electron chi connectivity index (χ3n) is 2.92. The molecule has 0 aromatic carbocycles. The molecule has 0 radical (unpaired) electrons. The van der Waals surface area contributed by atoms with Gasteiger partial charge in [-0.05, 0) is 25.2 Å². The van der Waals surface area contributed by atoms with Crippen LogP contribution >= 0.6 is 0 Å². The topological polar surface area (TPSA) is 75.7 Å². The third-order valence-corrected chi connectivity index (χ3v) is 4.99. The summed E-state index contributed by atoms with van der Waals surface area (Å²) >= 11 is 0. The fraction of sp³-hybridized carbons (Fsp3) is 0.917. The number of nitrogens with zero attached hydrogens (tertiary/aromatic N) is 1. The zero-order chi connectivity index (χ0) is 14.5. The lowest BCUT2D eigenvalue weighted by atomic mass is 10.2. The number of hydrogen-bond acceptors (Lipinski definition) is 4. The first kappa shape index (κ1) is 16.4. The second-order valence-corrected chi connectivity index (χ2v) is 7.30. The van der Waals surface area contributed by atoms with Gasteiger partial charge in [-0.3, -0.25) is 9.63 Å². The predicted octanol–water partition coefficient (Wildman–Crippen LogP) is 0.894. The Labute approximate surface area is 115 Å². The highest BCUT2D eigenvalue weighted by atomic mass is 32.2. The van der Waals surface area contributed by atoms with Crippen LogP contribution in [0.3, 0.4) is 0 Å². The molecule has 6 nitrogen and oxygen atoms in total. The average molecular weight is 292 g/mol. The highest BCUT2D eigenvalue weighted by Crippen LogP contribution is 2.21. The number of hydrogen-bond donors (Lipinski definition) is 1. The van der Waals surface area contributed by atoms with Gasteiger partial charge in [0.1, 0.15) is 6.04 Å². The minimum Gasteiger partial charge on any atom is -0.273 e. The maximum Gasteiger partial charge on any atom is 0.261 e. The molecule has 7 heteroatoms. The Morgan fingerprint density at radius 3 is 2.74 bits per heavy atom. The summed E-state index contributed by atoms with van der Waals surface area (Å²) in [6, 6.07) is -0.622. The summed E-state index contributed by atoms with van der Waals surface area (Å²) in [4.78, 5) is 17.0. The monoisotopic (exact) mass is 292 g/mol. The molecule has 1 atom stereocenters. The molecule has 1 fully saturated rings. The molecule has 112 valence electrons. The SMILES string of the molecule is CCCS(=O)(=O)N1CCCC1C(=O)NOCC(C)C. The molecule has 0 spiro atoms. The maximum absolute atomic E-state index is 12.0. The largest absolute Gasteiger partial charge is 0.273 e. The fourth-order valence-electron chi connectivity index (χ4n) is 2.06. The van der Waals surface area contributed by atoms with E-state index in [2.05, 4.69) is 5.48 Å². The van der Waals surface area contributed by atoms with Crippen molar-refractivity contribution in [3.8, 4) is 0 Å². The Morgan fingerprint density at radius 1 is 1.47 bits per heavy atom. The first-order valence-corrected chi connectivity index (χ1v) is 8.40. The minimum absolute atomic E-state index is 0.0869. The van der Waals surface area contributed by atoms with Crippen molar-refractivity contribution >= 4 is 15.9 Å². The zero-order valence-electron chi connectivity index (χ0n) is 11.9. The Bertz CT molecular complexity index is 395. The van der Waals surface area contributed by atoms with E-state index in [-0.39, 0.29) is 11.7 Å². The van der Waals surface area contributed by atoms with Crippen LogP contribution in [0.2, 0.25) is 0 Å². The number of sulfonamides is 1. The van der Waals surface area contributed by atoms with E-state index in [1.54, 1.807) is 0 Å². The van der Waals surface area contributed by atoms with Crippen LogP contribution in [0, 0.1) is 5.92 Å². The Morgan fingerprint density at radius 2 is 2.16 bits per heavy atom. The molecule has 1 amide bonds. The lowest BCUT2D eigenvalue weighted by Crippen LogP contribution is -2.46. The summed E-state index contributed by atoms with van der Waals surface area (Å²) in [7, 11) is -3.33. The Balaban J connectivity index is 2.58. The molecule has 19 heavy (non-hydrogen) atoms. The van der Waals surface area contributed by atoms with E-state index in [0.717, 1.165) is 0 Å². The number of amides is 1. The van der Waals surface area contributed by atoms with Crippen LogP contribution in [0.4, 0.5) is 0 Å². The van der Waals surface area contributed by atoms with Gasteiger partial charge in [0.2, 0.25) is 10.0 Å². The molecule has 0 aromatic heterocycles. The van der Waals surface area contributed by atoms with E-state index < -0.39 is 16.1 Å². The molecule has 1 N–H and O–H groups in total. The summed E-state index contributed by atoms with van der Waals surface area (Å²) in [6.07, 6.45) is 1.82. The molecule has 1 rings (SSSR count). The summed E-state index contributed by atoms with van der Waals surface area (Å²) < 4.78 is 25.4. The van der Waals surface area contributed by atoms with Crippen molar-refractivity contribution in [1.29, 1.82) is 0 Å². The molecule has 0 aliphatic carbocycles. The highest BCUT2D eigenvalue weighted by molar-refractivity contribution is 7.89. The highest BCUT2D eigenvalue weighted by Gasteiger charge is 2.38. The van der Waals surface area contributed by atoms with Crippen molar-refractivity contribution in [1.82, 2.24) is 9.79 Å². The van der Waals surface area contributed by atoms with Gasteiger partial charge >= 0.3 is 0 Å².